The molecule has 12 heteroatoms. The van der Waals surface area contributed by atoms with Crippen LogP contribution in [-0.2, 0) is 10.0 Å². The van der Waals surface area contributed by atoms with E-state index in [0.29, 0.717) is 10.2 Å². The topological polar surface area (TPSA) is 127 Å². The zero-order valence-corrected chi connectivity index (χ0v) is 16.8. The number of rotatable bonds is 5. The van der Waals surface area contributed by atoms with Gasteiger partial charge in [0.15, 0.2) is 4.90 Å². The number of halogens is 1. The fraction of sp³-hybridized carbons (Fsp3) is 0.250. The van der Waals surface area contributed by atoms with Gasteiger partial charge in [-0.05, 0) is 18.2 Å². The molecule has 0 amide bonds. The number of hydrogen-bond acceptors (Lipinski definition) is 7. The van der Waals surface area contributed by atoms with Gasteiger partial charge in [0, 0.05) is 42.8 Å². The van der Waals surface area contributed by atoms with Crippen molar-refractivity contribution in [3.05, 3.63) is 67.2 Å². The maximum Gasteiger partial charge on any atom is 0.293 e. The van der Waals surface area contributed by atoms with Crippen molar-refractivity contribution >= 4 is 43.0 Å². The van der Waals surface area contributed by atoms with E-state index < -0.39 is 25.6 Å². The molecule has 2 aromatic carbocycles. The van der Waals surface area contributed by atoms with E-state index in [1.54, 1.807) is 17.0 Å². The maximum atomic E-state index is 12.9. The van der Waals surface area contributed by atoms with Gasteiger partial charge in [-0.25, -0.2) is 8.42 Å². The fourth-order valence-corrected chi connectivity index (χ4v) is 4.97. The molecule has 0 aliphatic carbocycles. The number of nitrogens with zero attached hydrogens (tertiary/aromatic N) is 4. The fourth-order valence-electron chi connectivity index (χ4n) is 3.04. The van der Waals surface area contributed by atoms with Crippen LogP contribution in [-0.4, -0.2) is 48.7 Å². The van der Waals surface area contributed by atoms with Gasteiger partial charge in [-0.1, -0.05) is 28.1 Å². The van der Waals surface area contributed by atoms with Crippen LogP contribution in [0.25, 0.3) is 0 Å². The predicted molar refractivity (Wildman–Crippen MR) is 105 cm³/mol. The highest BCUT2D eigenvalue weighted by Crippen LogP contribution is 2.33. The summed E-state index contributed by atoms with van der Waals surface area (Å²) in [7, 11) is -4.05. The summed E-state index contributed by atoms with van der Waals surface area (Å²) in [5, 5.41) is 22.5. The lowest BCUT2D eigenvalue weighted by molar-refractivity contribution is -0.387. The van der Waals surface area contributed by atoms with Crippen LogP contribution in [0.3, 0.4) is 0 Å². The van der Waals surface area contributed by atoms with Crippen LogP contribution >= 0.6 is 15.9 Å². The lowest BCUT2D eigenvalue weighted by Gasteiger charge is -2.35. The first kappa shape index (κ1) is 20.2. The molecule has 1 aliphatic rings. The van der Waals surface area contributed by atoms with Gasteiger partial charge in [0.1, 0.15) is 5.69 Å². The van der Waals surface area contributed by atoms with Gasteiger partial charge >= 0.3 is 0 Å². The number of sulfonamides is 1. The van der Waals surface area contributed by atoms with E-state index in [1.165, 1.54) is 24.3 Å². The molecule has 3 rings (SSSR count). The first-order valence-corrected chi connectivity index (χ1v) is 10.4. The molecule has 0 radical (unpaired) electrons. The van der Waals surface area contributed by atoms with Crippen LogP contribution in [0.2, 0.25) is 0 Å². The maximum absolute atomic E-state index is 12.9. The lowest BCUT2D eigenvalue weighted by atomic mass is 10.2. The number of nitro benzene ring substituents is 2. The number of piperazine rings is 1. The second-order valence-corrected chi connectivity index (χ2v) is 8.83. The van der Waals surface area contributed by atoms with E-state index in [2.05, 4.69) is 15.9 Å². The van der Waals surface area contributed by atoms with Gasteiger partial charge in [-0.2, -0.15) is 4.31 Å². The van der Waals surface area contributed by atoms with Gasteiger partial charge in [0.2, 0.25) is 10.0 Å². The highest BCUT2D eigenvalue weighted by Gasteiger charge is 2.34. The third kappa shape index (κ3) is 3.84. The Morgan fingerprint density at radius 3 is 2.11 bits per heavy atom. The van der Waals surface area contributed by atoms with Crippen molar-refractivity contribution in [2.24, 2.45) is 0 Å². The first-order valence-electron chi connectivity index (χ1n) is 8.14. The van der Waals surface area contributed by atoms with Crippen LogP contribution in [0.4, 0.5) is 17.1 Å². The minimum absolute atomic E-state index is 0.0571. The molecule has 0 spiro atoms. The van der Waals surface area contributed by atoms with Gasteiger partial charge in [0.25, 0.3) is 11.4 Å². The van der Waals surface area contributed by atoms with Crippen LogP contribution in [0.1, 0.15) is 0 Å². The summed E-state index contributed by atoms with van der Waals surface area (Å²) in [6.45, 7) is 0.563. The van der Waals surface area contributed by atoms with Crippen LogP contribution < -0.4 is 4.90 Å². The Hall–Kier alpha value is -2.57. The number of hydrogen-bond donors (Lipinski definition) is 0. The Kier molecular flexibility index (Phi) is 5.63. The predicted octanol–water partition coefficient (Wildman–Crippen LogP) is 2.78. The largest absolute Gasteiger partial charge is 0.363 e. The highest BCUT2D eigenvalue weighted by atomic mass is 79.9. The number of para-hydroxylation sites is 1. The summed E-state index contributed by atoms with van der Waals surface area (Å²) in [5.74, 6) is 0. The van der Waals surface area contributed by atoms with Crippen molar-refractivity contribution in [3.63, 3.8) is 0 Å². The second-order valence-electron chi connectivity index (χ2n) is 6.01. The van der Waals surface area contributed by atoms with Crippen molar-refractivity contribution in [3.8, 4) is 0 Å². The molecule has 28 heavy (non-hydrogen) atoms. The average molecular weight is 471 g/mol. The van der Waals surface area contributed by atoms with Crippen LogP contribution in [0.15, 0.2) is 51.8 Å². The minimum atomic E-state index is -4.05. The zero-order valence-electron chi connectivity index (χ0n) is 14.4. The van der Waals surface area contributed by atoms with Gasteiger partial charge in [-0.15, -0.1) is 0 Å². The third-order valence-electron chi connectivity index (χ3n) is 4.39. The molecule has 2 aromatic rings. The average Bonchev–Trinajstić information content (AvgIpc) is 2.68. The highest BCUT2D eigenvalue weighted by molar-refractivity contribution is 9.10. The molecule has 0 N–H and O–H groups in total. The Balaban J connectivity index is 1.83. The van der Waals surface area contributed by atoms with Crippen molar-refractivity contribution in [2.75, 3.05) is 31.1 Å². The quantitative estimate of drug-likeness (QED) is 0.485. The number of nitro groups is 2. The second kappa shape index (κ2) is 7.81. The molecule has 1 heterocycles. The monoisotopic (exact) mass is 470 g/mol. The Bertz CT molecular complexity index is 1040. The molecule has 10 nitrogen and oxygen atoms in total. The molecule has 1 fully saturated rings. The molecule has 148 valence electrons. The third-order valence-corrected chi connectivity index (χ3v) is 6.83. The van der Waals surface area contributed by atoms with Gasteiger partial charge in [-0.3, -0.25) is 20.2 Å². The number of benzene rings is 2. The van der Waals surface area contributed by atoms with Crippen molar-refractivity contribution in [1.82, 2.24) is 4.31 Å². The molecule has 1 aliphatic heterocycles. The van der Waals surface area contributed by atoms with Gasteiger partial charge in [0.05, 0.1) is 9.85 Å². The van der Waals surface area contributed by atoms with E-state index in [-0.39, 0.29) is 36.8 Å². The summed E-state index contributed by atoms with van der Waals surface area (Å²) >= 11 is 3.20. The van der Waals surface area contributed by atoms with E-state index >= 15 is 0 Å². The molecule has 0 unspecified atom stereocenters. The summed E-state index contributed by atoms with van der Waals surface area (Å²) < 4.78 is 27.5. The molecule has 0 aromatic heterocycles. The van der Waals surface area contributed by atoms with Crippen molar-refractivity contribution in [2.45, 2.75) is 4.90 Å². The Labute approximate surface area is 168 Å². The van der Waals surface area contributed by atoms with Crippen LogP contribution in [0, 0.1) is 20.2 Å². The standard InChI is InChI=1S/C16H15BrN4O6S/c17-12-5-6-13(15(11-12)21(24)25)18-7-9-19(10-8-18)28(26,27)16-4-2-1-3-14(16)20(22)23/h1-6,11H,7-10H2. The summed E-state index contributed by atoms with van der Waals surface area (Å²) in [6.07, 6.45) is 0. The molecule has 0 atom stereocenters. The van der Waals surface area contributed by atoms with Crippen LogP contribution in [0.5, 0.6) is 0 Å². The molecule has 0 bridgehead atoms. The van der Waals surface area contributed by atoms with Crippen molar-refractivity contribution < 1.29 is 18.3 Å². The number of anilines is 1. The van der Waals surface area contributed by atoms with E-state index in [4.69, 9.17) is 0 Å². The normalized spacial score (nSPS) is 15.4. The summed E-state index contributed by atoms with van der Waals surface area (Å²) in [5.41, 5.74) is -0.159. The van der Waals surface area contributed by atoms with Crippen molar-refractivity contribution in [1.29, 1.82) is 0 Å². The minimum Gasteiger partial charge on any atom is -0.363 e. The van der Waals surface area contributed by atoms with E-state index in [1.807, 2.05) is 0 Å². The van der Waals surface area contributed by atoms with E-state index in [9.17, 15) is 28.6 Å². The smallest absolute Gasteiger partial charge is 0.293 e. The molecular weight excluding hydrogens is 456 g/mol. The molecule has 0 saturated carbocycles. The first-order chi connectivity index (χ1) is 13.2. The Morgan fingerprint density at radius 1 is 0.893 bits per heavy atom. The molecular formula is C16H15BrN4O6S. The molecule has 1 saturated heterocycles. The summed E-state index contributed by atoms with van der Waals surface area (Å²) in [4.78, 5) is 22.6. The summed E-state index contributed by atoms with van der Waals surface area (Å²) in [6, 6.07) is 9.87. The Morgan fingerprint density at radius 2 is 1.50 bits per heavy atom. The zero-order chi connectivity index (χ0) is 20.5. The lowest BCUT2D eigenvalue weighted by Crippen LogP contribution is -2.48. The van der Waals surface area contributed by atoms with Gasteiger partial charge < -0.3 is 4.90 Å². The van der Waals surface area contributed by atoms with E-state index in [0.717, 1.165) is 10.4 Å². The SMILES string of the molecule is O=[N+]([O-])c1cc(Br)ccc1N1CCN(S(=O)(=O)c2ccccc2[N+](=O)[O-])CC1.